The van der Waals surface area contributed by atoms with Crippen molar-refractivity contribution in [2.45, 2.75) is 18.9 Å². The highest BCUT2D eigenvalue weighted by Gasteiger charge is 2.33. The van der Waals surface area contributed by atoms with E-state index in [1.807, 2.05) is 72.4 Å². The summed E-state index contributed by atoms with van der Waals surface area (Å²) in [5, 5.41) is 4.14. The molecule has 1 aliphatic rings. The second-order valence-electron chi connectivity index (χ2n) is 7.43. The molecule has 1 amide bonds. The van der Waals surface area contributed by atoms with Gasteiger partial charge in [0.05, 0.1) is 7.11 Å². The minimum absolute atomic E-state index is 0.0633. The molecule has 4 rings (SSSR count). The highest BCUT2D eigenvalue weighted by molar-refractivity contribution is 5.79. The number of hydrogen-bond donors (Lipinski definition) is 0. The van der Waals surface area contributed by atoms with Gasteiger partial charge in [0.1, 0.15) is 5.75 Å². The Bertz CT molecular complexity index is 997. The second kappa shape index (κ2) is 7.95. The summed E-state index contributed by atoms with van der Waals surface area (Å²) in [6, 6.07) is 15.7. The molecule has 1 saturated heterocycles. The molecule has 1 atom stereocenters. The van der Waals surface area contributed by atoms with Crippen molar-refractivity contribution in [3.05, 3.63) is 59.9 Å². The van der Waals surface area contributed by atoms with Gasteiger partial charge >= 0.3 is 0 Å². The lowest BCUT2D eigenvalue weighted by atomic mass is 10.1. The van der Waals surface area contributed by atoms with Gasteiger partial charge in [0, 0.05) is 50.8 Å². The van der Waals surface area contributed by atoms with Crippen LogP contribution in [0.4, 0.5) is 5.69 Å². The molecule has 0 saturated carbocycles. The van der Waals surface area contributed by atoms with E-state index in [1.54, 1.807) is 7.11 Å². The number of carbonyl (C=O) groups is 1. The zero-order valence-electron chi connectivity index (χ0n) is 16.8. The smallest absolute Gasteiger partial charge is 0.257 e. The maximum Gasteiger partial charge on any atom is 0.257 e. The molecular formula is C22H24N4O3. The Labute approximate surface area is 169 Å². The number of carbonyl (C=O) groups excluding carboxylic acids is 1. The Morgan fingerprint density at radius 1 is 1.21 bits per heavy atom. The summed E-state index contributed by atoms with van der Waals surface area (Å²) in [4.78, 5) is 20.9. The van der Waals surface area contributed by atoms with Gasteiger partial charge in [-0.3, -0.25) is 4.79 Å². The number of nitrogens with zero attached hydrogens (tertiary/aromatic N) is 4. The summed E-state index contributed by atoms with van der Waals surface area (Å²) in [6.07, 6.45) is 0.391. The van der Waals surface area contributed by atoms with Crippen LogP contribution in [-0.2, 0) is 11.3 Å². The lowest BCUT2D eigenvalue weighted by molar-refractivity contribution is -0.128. The number of methoxy groups -OCH3 is 1. The molecule has 1 aliphatic heterocycles. The molecule has 29 heavy (non-hydrogen) atoms. The van der Waals surface area contributed by atoms with Crippen molar-refractivity contribution in [2.24, 2.45) is 0 Å². The molecule has 2 heterocycles. The fourth-order valence-corrected chi connectivity index (χ4v) is 3.51. The van der Waals surface area contributed by atoms with Crippen LogP contribution >= 0.6 is 0 Å². The molecule has 150 valence electrons. The highest BCUT2D eigenvalue weighted by Crippen LogP contribution is 2.30. The summed E-state index contributed by atoms with van der Waals surface area (Å²) in [6.45, 7) is 1.12. The Hall–Kier alpha value is -3.35. The first-order chi connectivity index (χ1) is 14.0. The van der Waals surface area contributed by atoms with Crippen molar-refractivity contribution in [1.29, 1.82) is 0 Å². The van der Waals surface area contributed by atoms with Crippen LogP contribution in [0.15, 0.2) is 53.1 Å². The van der Waals surface area contributed by atoms with Crippen molar-refractivity contribution >= 4 is 11.6 Å². The summed E-state index contributed by atoms with van der Waals surface area (Å²) in [5.41, 5.74) is 3.00. The molecule has 7 heteroatoms. The van der Waals surface area contributed by atoms with E-state index in [2.05, 4.69) is 10.1 Å². The van der Waals surface area contributed by atoms with E-state index < -0.39 is 0 Å². The third kappa shape index (κ3) is 4.08. The third-order valence-electron chi connectivity index (χ3n) is 5.16. The molecule has 1 aromatic heterocycles. The number of aromatic nitrogens is 2. The topological polar surface area (TPSA) is 71.7 Å². The van der Waals surface area contributed by atoms with Gasteiger partial charge in [0.25, 0.3) is 5.89 Å². The SMILES string of the molecule is COc1cccc(CN2CC(c3noc(-c4ccc(N(C)C)cc4)n3)CC2=O)c1. The van der Waals surface area contributed by atoms with Gasteiger partial charge in [-0.2, -0.15) is 4.98 Å². The lowest BCUT2D eigenvalue weighted by Gasteiger charge is -2.16. The molecule has 0 N–H and O–H groups in total. The highest BCUT2D eigenvalue weighted by atomic mass is 16.5. The van der Waals surface area contributed by atoms with Crippen LogP contribution in [0.5, 0.6) is 5.75 Å². The maximum absolute atomic E-state index is 12.5. The van der Waals surface area contributed by atoms with Crippen LogP contribution in [0.2, 0.25) is 0 Å². The average Bonchev–Trinajstić information content (AvgIpc) is 3.36. The van der Waals surface area contributed by atoms with Crippen molar-refractivity contribution in [2.75, 3.05) is 32.6 Å². The number of anilines is 1. The molecule has 0 radical (unpaired) electrons. The Morgan fingerprint density at radius 3 is 2.72 bits per heavy atom. The third-order valence-corrected chi connectivity index (χ3v) is 5.16. The normalized spacial score (nSPS) is 16.3. The Balaban J connectivity index is 1.45. The predicted molar refractivity (Wildman–Crippen MR) is 110 cm³/mol. The van der Waals surface area contributed by atoms with E-state index in [0.717, 1.165) is 22.6 Å². The van der Waals surface area contributed by atoms with Crippen molar-refractivity contribution < 1.29 is 14.1 Å². The monoisotopic (exact) mass is 392 g/mol. The summed E-state index contributed by atoms with van der Waals surface area (Å²) >= 11 is 0. The fraction of sp³-hybridized carbons (Fsp3) is 0.318. The van der Waals surface area contributed by atoms with E-state index >= 15 is 0 Å². The van der Waals surface area contributed by atoms with E-state index in [0.29, 0.717) is 31.2 Å². The molecule has 0 spiro atoms. The summed E-state index contributed by atoms with van der Waals surface area (Å²) in [5.74, 6) is 1.88. The zero-order chi connectivity index (χ0) is 20.4. The number of benzene rings is 2. The number of rotatable bonds is 6. The summed E-state index contributed by atoms with van der Waals surface area (Å²) in [7, 11) is 5.63. The summed E-state index contributed by atoms with van der Waals surface area (Å²) < 4.78 is 10.7. The number of amides is 1. The molecule has 1 fully saturated rings. The minimum atomic E-state index is -0.0633. The van der Waals surface area contributed by atoms with Crippen molar-refractivity contribution in [3.63, 3.8) is 0 Å². The molecule has 7 nitrogen and oxygen atoms in total. The Kier molecular flexibility index (Phi) is 5.20. The molecule has 0 aliphatic carbocycles. The van der Waals surface area contributed by atoms with Gasteiger partial charge in [-0.1, -0.05) is 17.3 Å². The standard InChI is InChI=1S/C22H24N4O3/c1-25(2)18-9-7-16(8-10-18)22-23-21(24-29-22)17-12-20(27)26(14-17)13-15-5-4-6-19(11-15)28-3/h4-11,17H,12-14H2,1-3H3. The minimum Gasteiger partial charge on any atom is -0.497 e. The number of likely N-dealkylation sites (tertiary alicyclic amines) is 1. The quantitative estimate of drug-likeness (QED) is 0.641. The lowest BCUT2D eigenvalue weighted by Crippen LogP contribution is -2.24. The number of hydrogen-bond acceptors (Lipinski definition) is 6. The van der Waals surface area contributed by atoms with E-state index in [1.165, 1.54) is 0 Å². The van der Waals surface area contributed by atoms with Crippen LogP contribution in [-0.4, -0.2) is 48.7 Å². The van der Waals surface area contributed by atoms with Crippen molar-refractivity contribution in [1.82, 2.24) is 15.0 Å². The van der Waals surface area contributed by atoms with Gasteiger partial charge in [-0.25, -0.2) is 0 Å². The first-order valence-corrected chi connectivity index (χ1v) is 9.55. The predicted octanol–water partition coefficient (Wildman–Crippen LogP) is 3.33. The molecule has 1 unspecified atom stereocenters. The first-order valence-electron chi connectivity index (χ1n) is 9.55. The second-order valence-corrected chi connectivity index (χ2v) is 7.43. The zero-order valence-corrected chi connectivity index (χ0v) is 16.8. The van der Waals surface area contributed by atoms with Crippen LogP contribution in [0.1, 0.15) is 23.7 Å². The van der Waals surface area contributed by atoms with Gasteiger partial charge in [0.2, 0.25) is 5.91 Å². The first kappa shape index (κ1) is 19.0. The molecule has 2 aromatic carbocycles. The van der Waals surface area contributed by atoms with Crippen molar-refractivity contribution in [3.8, 4) is 17.2 Å². The fourth-order valence-electron chi connectivity index (χ4n) is 3.51. The number of ether oxygens (including phenoxy) is 1. The Morgan fingerprint density at radius 2 is 2.00 bits per heavy atom. The van der Waals surface area contributed by atoms with Crippen LogP contribution in [0.3, 0.4) is 0 Å². The van der Waals surface area contributed by atoms with Gasteiger partial charge in [-0.05, 0) is 42.0 Å². The van der Waals surface area contributed by atoms with Crippen LogP contribution in [0.25, 0.3) is 11.5 Å². The van der Waals surface area contributed by atoms with Gasteiger partial charge in [-0.15, -0.1) is 0 Å². The maximum atomic E-state index is 12.5. The van der Waals surface area contributed by atoms with E-state index in [4.69, 9.17) is 9.26 Å². The van der Waals surface area contributed by atoms with E-state index in [9.17, 15) is 4.79 Å². The van der Waals surface area contributed by atoms with Gasteiger partial charge < -0.3 is 19.1 Å². The molecule has 3 aromatic rings. The van der Waals surface area contributed by atoms with Gasteiger partial charge in [0.15, 0.2) is 5.82 Å². The van der Waals surface area contributed by atoms with Crippen LogP contribution in [0, 0.1) is 0 Å². The van der Waals surface area contributed by atoms with Crippen LogP contribution < -0.4 is 9.64 Å². The average molecular weight is 392 g/mol. The molecular weight excluding hydrogens is 368 g/mol. The largest absolute Gasteiger partial charge is 0.497 e. The molecule has 0 bridgehead atoms. The van der Waals surface area contributed by atoms with E-state index in [-0.39, 0.29) is 11.8 Å².